The summed E-state index contributed by atoms with van der Waals surface area (Å²) in [6.07, 6.45) is 18.4. The van der Waals surface area contributed by atoms with Gasteiger partial charge >= 0.3 is 7.82 Å². The van der Waals surface area contributed by atoms with Crippen LogP contribution in [0.1, 0.15) is 116 Å². The molecule has 1 saturated heterocycles. The molecule has 1 aliphatic heterocycles. The van der Waals surface area contributed by atoms with E-state index in [0.29, 0.717) is 0 Å². The van der Waals surface area contributed by atoms with Crippen LogP contribution >= 0.6 is 7.82 Å². The maximum absolute atomic E-state index is 12.2. The SMILES string of the molecule is CCCCCCC1COP(=O)(O)OCCCCCCCCCCCCCC1O. The molecule has 1 heterocycles. The van der Waals surface area contributed by atoms with E-state index in [9.17, 15) is 14.6 Å². The highest BCUT2D eigenvalue weighted by Crippen LogP contribution is 2.44. The van der Waals surface area contributed by atoms with Gasteiger partial charge in [0.25, 0.3) is 0 Å². The molecule has 0 aromatic rings. The van der Waals surface area contributed by atoms with Gasteiger partial charge in [-0.2, -0.15) is 0 Å². The summed E-state index contributed by atoms with van der Waals surface area (Å²) < 4.78 is 22.5. The average Bonchev–Trinajstić information content (AvgIpc) is 2.66. The summed E-state index contributed by atoms with van der Waals surface area (Å²) in [6, 6.07) is 0. The van der Waals surface area contributed by atoms with Crippen LogP contribution in [0.3, 0.4) is 0 Å². The Kier molecular flexibility index (Phi) is 15.7. The highest BCUT2D eigenvalue weighted by Gasteiger charge is 2.26. The monoisotopic (exact) mass is 420 g/mol. The van der Waals surface area contributed by atoms with Crippen LogP contribution in [-0.2, 0) is 13.6 Å². The zero-order valence-electron chi connectivity index (χ0n) is 18.2. The number of hydrogen-bond donors (Lipinski definition) is 2. The lowest BCUT2D eigenvalue weighted by atomic mass is 9.92. The van der Waals surface area contributed by atoms with Crippen LogP contribution in [0.15, 0.2) is 0 Å². The normalized spacial score (nSPS) is 30.8. The Morgan fingerprint density at radius 2 is 1.39 bits per heavy atom. The minimum absolute atomic E-state index is 0.0944. The molecular formula is C22H45O5P. The Morgan fingerprint density at radius 3 is 2.00 bits per heavy atom. The summed E-state index contributed by atoms with van der Waals surface area (Å²) in [5.74, 6) is -0.0944. The Hall–Kier alpha value is 0.0700. The molecule has 1 fully saturated rings. The lowest BCUT2D eigenvalue weighted by molar-refractivity contribution is 0.0448. The third-order valence-corrected chi connectivity index (χ3v) is 6.81. The Bertz CT molecular complexity index is 404. The lowest BCUT2D eigenvalue weighted by Crippen LogP contribution is -2.25. The number of unbranched alkanes of at least 4 members (excludes halogenated alkanes) is 3. The van der Waals surface area contributed by atoms with Crippen molar-refractivity contribution < 1.29 is 23.6 Å². The van der Waals surface area contributed by atoms with Crippen molar-refractivity contribution in [2.45, 2.75) is 122 Å². The van der Waals surface area contributed by atoms with E-state index >= 15 is 0 Å². The van der Waals surface area contributed by atoms with Crippen molar-refractivity contribution in [2.75, 3.05) is 13.2 Å². The smallest absolute Gasteiger partial charge is 0.393 e. The van der Waals surface area contributed by atoms with Crippen LogP contribution in [0.25, 0.3) is 0 Å². The summed E-state index contributed by atoms with van der Waals surface area (Å²) in [5.41, 5.74) is 0. The van der Waals surface area contributed by atoms with Crippen LogP contribution < -0.4 is 0 Å². The molecule has 2 N–H and O–H groups in total. The molecule has 0 saturated carbocycles. The first-order chi connectivity index (χ1) is 13.5. The predicted molar refractivity (Wildman–Crippen MR) is 115 cm³/mol. The van der Waals surface area contributed by atoms with E-state index < -0.39 is 13.9 Å². The van der Waals surface area contributed by atoms with Gasteiger partial charge in [-0.3, -0.25) is 9.05 Å². The van der Waals surface area contributed by atoms with Gasteiger partial charge in [-0.25, -0.2) is 4.57 Å². The van der Waals surface area contributed by atoms with E-state index in [1.165, 1.54) is 51.4 Å². The molecule has 0 aliphatic carbocycles. The Labute approximate surface area is 173 Å². The van der Waals surface area contributed by atoms with E-state index in [-0.39, 0.29) is 19.1 Å². The van der Waals surface area contributed by atoms with E-state index in [4.69, 9.17) is 9.05 Å². The summed E-state index contributed by atoms with van der Waals surface area (Å²) in [5, 5.41) is 10.6. The maximum Gasteiger partial charge on any atom is 0.472 e. The zero-order valence-corrected chi connectivity index (χ0v) is 19.1. The van der Waals surface area contributed by atoms with Crippen LogP contribution in [0.4, 0.5) is 0 Å². The summed E-state index contributed by atoms with van der Waals surface area (Å²) in [7, 11) is -4.03. The van der Waals surface area contributed by atoms with E-state index in [1.807, 2.05) is 0 Å². The highest BCUT2D eigenvalue weighted by atomic mass is 31.2. The van der Waals surface area contributed by atoms with Crippen LogP contribution in [0.5, 0.6) is 0 Å². The number of phosphoric acid groups is 1. The number of aliphatic hydroxyl groups is 1. The maximum atomic E-state index is 12.2. The van der Waals surface area contributed by atoms with Crippen molar-refractivity contribution in [2.24, 2.45) is 5.92 Å². The summed E-state index contributed by atoms with van der Waals surface area (Å²) in [6.45, 7) is 2.54. The van der Waals surface area contributed by atoms with Crippen LogP contribution in [-0.4, -0.2) is 29.3 Å². The Balaban J connectivity index is 2.53. The molecule has 3 atom stereocenters. The van der Waals surface area contributed by atoms with Gasteiger partial charge in [-0.05, 0) is 19.3 Å². The second-order valence-corrected chi connectivity index (χ2v) is 9.91. The average molecular weight is 421 g/mol. The second-order valence-electron chi connectivity index (χ2n) is 8.45. The first kappa shape index (κ1) is 26.1. The molecule has 0 bridgehead atoms. The van der Waals surface area contributed by atoms with E-state index in [2.05, 4.69) is 6.92 Å². The van der Waals surface area contributed by atoms with Gasteiger partial charge in [0.05, 0.1) is 19.3 Å². The second kappa shape index (κ2) is 16.8. The number of phosphoric ester groups is 1. The molecule has 0 spiro atoms. The molecular weight excluding hydrogens is 375 g/mol. The first-order valence-electron chi connectivity index (χ1n) is 11.8. The molecule has 3 unspecified atom stereocenters. The molecule has 0 aromatic heterocycles. The molecule has 5 nitrogen and oxygen atoms in total. The number of hydrogen-bond acceptors (Lipinski definition) is 4. The van der Waals surface area contributed by atoms with Gasteiger partial charge in [-0.1, -0.05) is 96.8 Å². The summed E-state index contributed by atoms with van der Waals surface area (Å²) >= 11 is 0. The quantitative estimate of drug-likeness (QED) is 0.379. The van der Waals surface area contributed by atoms with Crippen molar-refractivity contribution in [3.05, 3.63) is 0 Å². The molecule has 0 amide bonds. The van der Waals surface area contributed by atoms with Crippen molar-refractivity contribution in [3.8, 4) is 0 Å². The van der Waals surface area contributed by atoms with Crippen LogP contribution in [0.2, 0.25) is 0 Å². The minimum Gasteiger partial charge on any atom is -0.393 e. The van der Waals surface area contributed by atoms with Gasteiger partial charge in [0, 0.05) is 5.92 Å². The molecule has 6 heteroatoms. The van der Waals surface area contributed by atoms with Gasteiger partial charge in [0.15, 0.2) is 0 Å². The fraction of sp³-hybridized carbons (Fsp3) is 1.00. The van der Waals surface area contributed by atoms with Gasteiger partial charge in [0.1, 0.15) is 0 Å². The van der Waals surface area contributed by atoms with Crippen molar-refractivity contribution in [3.63, 3.8) is 0 Å². The molecule has 1 rings (SSSR count). The largest absolute Gasteiger partial charge is 0.472 e. The van der Waals surface area contributed by atoms with Gasteiger partial charge in [-0.15, -0.1) is 0 Å². The predicted octanol–water partition coefficient (Wildman–Crippen LogP) is 6.76. The topological polar surface area (TPSA) is 76.0 Å². The number of aliphatic hydroxyl groups excluding tert-OH is 1. The highest BCUT2D eigenvalue weighted by molar-refractivity contribution is 7.47. The lowest BCUT2D eigenvalue weighted by Gasteiger charge is -2.24. The molecule has 1 aliphatic rings. The molecule has 28 heavy (non-hydrogen) atoms. The van der Waals surface area contributed by atoms with Crippen molar-refractivity contribution >= 4 is 7.82 Å². The standard InChI is InChI=1S/C22H45O5P/c1-2-3-4-14-17-21-20-27-28(24,25)26-19-16-13-11-9-7-5-6-8-10-12-15-18-22(21)23/h21-23H,2-20H2,1H3,(H,24,25). The van der Waals surface area contributed by atoms with Crippen molar-refractivity contribution in [1.29, 1.82) is 0 Å². The Morgan fingerprint density at radius 1 is 0.821 bits per heavy atom. The number of rotatable bonds is 5. The fourth-order valence-corrected chi connectivity index (χ4v) is 4.72. The van der Waals surface area contributed by atoms with Gasteiger partial charge in [0.2, 0.25) is 0 Å². The summed E-state index contributed by atoms with van der Waals surface area (Å²) in [4.78, 5) is 9.95. The fourth-order valence-electron chi connectivity index (χ4n) is 3.91. The van der Waals surface area contributed by atoms with E-state index in [0.717, 1.165) is 57.8 Å². The first-order valence-corrected chi connectivity index (χ1v) is 13.3. The van der Waals surface area contributed by atoms with E-state index in [1.54, 1.807) is 0 Å². The third-order valence-electron chi connectivity index (χ3n) is 5.82. The van der Waals surface area contributed by atoms with Gasteiger partial charge < -0.3 is 10.00 Å². The third kappa shape index (κ3) is 14.1. The molecule has 0 aromatic carbocycles. The molecule has 0 radical (unpaired) electrons. The van der Waals surface area contributed by atoms with Crippen molar-refractivity contribution in [1.82, 2.24) is 0 Å². The molecule has 168 valence electrons. The van der Waals surface area contributed by atoms with Crippen LogP contribution in [0, 0.1) is 5.92 Å². The zero-order chi connectivity index (χ0) is 20.5. The minimum atomic E-state index is -4.03.